The van der Waals surface area contributed by atoms with Crippen molar-refractivity contribution in [3.05, 3.63) is 0 Å². The van der Waals surface area contributed by atoms with Crippen LogP contribution in [0.2, 0.25) is 0 Å². The maximum atomic E-state index is 11.3. The normalized spacial score (nSPS) is 10.9. The van der Waals surface area contributed by atoms with E-state index in [0.717, 1.165) is 25.9 Å². The van der Waals surface area contributed by atoms with Crippen LogP contribution in [0, 0.1) is 0 Å². The van der Waals surface area contributed by atoms with Gasteiger partial charge in [-0.2, -0.15) is 0 Å². The third-order valence-corrected chi connectivity index (χ3v) is 2.11. The SMILES string of the molecule is CCCCCC(=O)CCCOC(C)C. The lowest BCUT2D eigenvalue weighted by molar-refractivity contribution is -0.119. The van der Waals surface area contributed by atoms with E-state index in [4.69, 9.17) is 4.74 Å². The van der Waals surface area contributed by atoms with E-state index in [0.29, 0.717) is 12.2 Å². The first-order valence-electron chi connectivity index (χ1n) is 5.80. The predicted octanol–water partition coefficient (Wildman–Crippen LogP) is 3.34. The monoisotopic (exact) mass is 200 g/mol. The Hall–Kier alpha value is -0.370. The van der Waals surface area contributed by atoms with Crippen molar-refractivity contribution in [1.29, 1.82) is 0 Å². The molecule has 0 unspecified atom stereocenters. The fraction of sp³-hybridized carbons (Fsp3) is 0.917. The number of ketones is 1. The third-order valence-electron chi connectivity index (χ3n) is 2.11. The molecule has 0 spiro atoms. The Morgan fingerprint density at radius 1 is 1.14 bits per heavy atom. The van der Waals surface area contributed by atoms with Gasteiger partial charge in [-0.1, -0.05) is 19.8 Å². The highest BCUT2D eigenvalue weighted by atomic mass is 16.5. The van der Waals surface area contributed by atoms with Crippen LogP contribution in [0.25, 0.3) is 0 Å². The molecule has 84 valence electrons. The van der Waals surface area contributed by atoms with Gasteiger partial charge in [0.05, 0.1) is 6.10 Å². The summed E-state index contributed by atoms with van der Waals surface area (Å²) < 4.78 is 5.37. The van der Waals surface area contributed by atoms with Crippen molar-refractivity contribution < 1.29 is 9.53 Å². The van der Waals surface area contributed by atoms with E-state index in [1.54, 1.807) is 0 Å². The van der Waals surface area contributed by atoms with Crippen LogP contribution in [-0.2, 0) is 9.53 Å². The van der Waals surface area contributed by atoms with E-state index in [1.165, 1.54) is 12.8 Å². The molecule has 0 N–H and O–H groups in total. The largest absolute Gasteiger partial charge is 0.379 e. The van der Waals surface area contributed by atoms with Gasteiger partial charge in [-0.25, -0.2) is 0 Å². The van der Waals surface area contributed by atoms with Gasteiger partial charge in [-0.3, -0.25) is 4.79 Å². The Balaban J connectivity index is 3.18. The molecule has 0 aliphatic rings. The molecule has 0 bridgehead atoms. The zero-order chi connectivity index (χ0) is 10.8. The van der Waals surface area contributed by atoms with Crippen LogP contribution < -0.4 is 0 Å². The van der Waals surface area contributed by atoms with Crippen LogP contribution in [0.1, 0.15) is 59.3 Å². The lowest BCUT2D eigenvalue weighted by Gasteiger charge is -2.06. The first-order chi connectivity index (χ1) is 6.66. The van der Waals surface area contributed by atoms with E-state index in [9.17, 15) is 4.79 Å². The number of carbonyl (C=O) groups excluding carboxylic acids is 1. The first-order valence-corrected chi connectivity index (χ1v) is 5.80. The molecule has 0 aliphatic heterocycles. The smallest absolute Gasteiger partial charge is 0.132 e. The molecule has 2 heteroatoms. The van der Waals surface area contributed by atoms with Crippen LogP contribution >= 0.6 is 0 Å². The fourth-order valence-corrected chi connectivity index (χ4v) is 1.29. The molecule has 0 fully saturated rings. The van der Waals surface area contributed by atoms with Crippen molar-refractivity contribution in [2.45, 2.75) is 65.4 Å². The van der Waals surface area contributed by atoms with E-state index in [2.05, 4.69) is 6.92 Å². The topological polar surface area (TPSA) is 26.3 Å². The van der Waals surface area contributed by atoms with Crippen LogP contribution in [0.4, 0.5) is 0 Å². The summed E-state index contributed by atoms with van der Waals surface area (Å²) in [7, 11) is 0. The number of ether oxygens (including phenoxy) is 1. The minimum Gasteiger partial charge on any atom is -0.379 e. The average Bonchev–Trinajstić information content (AvgIpc) is 2.13. The Bertz CT molecular complexity index is 141. The Morgan fingerprint density at radius 3 is 2.36 bits per heavy atom. The number of carbonyl (C=O) groups is 1. The highest BCUT2D eigenvalue weighted by Crippen LogP contribution is 2.04. The number of unbranched alkanes of at least 4 members (excludes halogenated alkanes) is 2. The average molecular weight is 200 g/mol. The summed E-state index contributed by atoms with van der Waals surface area (Å²) >= 11 is 0. The predicted molar refractivity (Wildman–Crippen MR) is 59.5 cm³/mol. The quantitative estimate of drug-likeness (QED) is 0.534. The fourth-order valence-electron chi connectivity index (χ4n) is 1.29. The first kappa shape index (κ1) is 13.6. The maximum Gasteiger partial charge on any atom is 0.132 e. The summed E-state index contributed by atoms with van der Waals surface area (Å²) in [5.41, 5.74) is 0. The lowest BCUT2D eigenvalue weighted by Crippen LogP contribution is -2.06. The van der Waals surface area contributed by atoms with Gasteiger partial charge in [0.2, 0.25) is 0 Å². The molecule has 0 aromatic heterocycles. The molecule has 0 saturated carbocycles. The summed E-state index contributed by atoms with van der Waals surface area (Å²) in [6, 6.07) is 0. The van der Waals surface area contributed by atoms with Gasteiger partial charge in [0, 0.05) is 19.4 Å². The molecule has 0 heterocycles. The van der Waals surface area contributed by atoms with Crippen molar-refractivity contribution >= 4 is 5.78 Å². The molecule has 0 amide bonds. The van der Waals surface area contributed by atoms with Crippen molar-refractivity contribution in [2.75, 3.05) is 6.61 Å². The van der Waals surface area contributed by atoms with Crippen LogP contribution in [0.5, 0.6) is 0 Å². The van der Waals surface area contributed by atoms with Gasteiger partial charge in [0.1, 0.15) is 5.78 Å². The van der Waals surface area contributed by atoms with E-state index < -0.39 is 0 Å². The number of Topliss-reactive ketones (excluding diaryl/α,β-unsaturated/α-hetero) is 1. The van der Waals surface area contributed by atoms with Gasteiger partial charge in [0.15, 0.2) is 0 Å². The zero-order valence-corrected chi connectivity index (χ0v) is 9.84. The summed E-state index contributed by atoms with van der Waals surface area (Å²) in [4.78, 5) is 11.3. The van der Waals surface area contributed by atoms with Crippen LogP contribution in [0.3, 0.4) is 0 Å². The van der Waals surface area contributed by atoms with E-state index in [-0.39, 0.29) is 6.10 Å². The summed E-state index contributed by atoms with van der Waals surface area (Å²) in [6.45, 7) is 6.91. The van der Waals surface area contributed by atoms with E-state index >= 15 is 0 Å². The van der Waals surface area contributed by atoms with Crippen molar-refractivity contribution in [3.8, 4) is 0 Å². The number of hydrogen-bond acceptors (Lipinski definition) is 2. The zero-order valence-electron chi connectivity index (χ0n) is 9.84. The van der Waals surface area contributed by atoms with Crippen LogP contribution in [-0.4, -0.2) is 18.5 Å². The Kier molecular flexibility index (Phi) is 8.95. The summed E-state index contributed by atoms with van der Waals surface area (Å²) in [6.07, 6.45) is 6.03. The molecule has 14 heavy (non-hydrogen) atoms. The van der Waals surface area contributed by atoms with Gasteiger partial charge in [-0.05, 0) is 26.7 Å². The molecule has 0 aliphatic carbocycles. The van der Waals surface area contributed by atoms with Gasteiger partial charge >= 0.3 is 0 Å². The molecular formula is C12H24O2. The van der Waals surface area contributed by atoms with E-state index in [1.807, 2.05) is 13.8 Å². The van der Waals surface area contributed by atoms with Crippen molar-refractivity contribution in [1.82, 2.24) is 0 Å². The molecule has 0 saturated heterocycles. The second-order valence-electron chi connectivity index (χ2n) is 4.02. The van der Waals surface area contributed by atoms with Gasteiger partial charge in [-0.15, -0.1) is 0 Å². The minimum absolute atomic E-state index is 0.283. The highest BCUT2D eigenvalue weighted by molar-refractivity contribution is 5.78. The maximum absolute atomic E-state index is 11.3. The molecule has 0 aromatic carbocycles. The third kappa shape index (κ3) is 9.72. The Morgan fingerprint density at radius 2 is 1.79 bits per heavy atom. The van der Waals surface area contributed by atoms with Crippen molar-refractivity contribution in [2.24, 2.45) is 0 Å². The molecule has 0 aromatic rings. The number of hydrogen-bond donors (Lipinski definition) is 0. The Labute approximate surface area is 88.0 Å². The number of rotatable bonds is 9. The second kappa shape index (κ2) is 9.20. The minimum atomic E-state index is 0.283. The summed E-state index contributed by atoms with van der Waals surface area (Å²) in [5.74, 6) is 0.394. The highest BCUT2D eigenvalue weighted by Gasteiger charge is 2.01. The molecular weight excluding hydrogens is 176 g/mol. The second-order valence-corrected chi connectivity index (χ2v) is 4.02. The van der Waals surface area contributed by atoms with Crippen molar-refractivity contribution in [3.63, 3.8) is 0 Å². The molecule has 0 atom stereocenters. The lowest BCUT2D eigenvalue weighted by atomic mass is 10.1. The van der Waals surface area contributed by atoms with Gasteiger partial charge in [0.25, 0.3) is 0 Å². The summed E-state index contributed by atoms with van der Waals surface area (Å²) in [5, 5.41) is 0. The molecule has 0 radical (unpaired) electrons. The van der Waals surface area contributed by atoms with Gasteiger partial charge < -0.3 is 4.74 Å². The molecule has 0 rings (SSSR count). The standard InChI is InChI=1S/C12H24O2/c1-4-5-6-8-12(13)9-7-10-14-11(2)3/h11H,4-10H2,1-3H3. The molecule has 2 nitrogen and oxygen atoms in total. The van der Waals surface area contributed by atoms with Crippen LogP contribution in [0.15, 0.2) is 0 Å².